The Morgan fingerprint density at radius 1 is 0.479 bits per heavy atom. The molecule has 0 radical (unpaired) electrons. The lowest BCUT2D eigenvalue weighted by Gasteiger charge is -2.40. The van der Waals surface area contributed by atoms with Gasteiger partial charge >= 0.3 is 23.9 Å². The van der Waals surface area contributed by atoms with Crippen molar-refractivity contribution in [3.63, 3.8) is 0 Å². The molecule has 0 aromatic rings. The zero-order chi connectivity index (χ0) is 51.8. The van der Waals surface area contributed by atoms with Crippen molar-refractivity contribution in [2.45, 2.75) is 276 Å². The van der Waals surface area contributed by atoms with Crippen molar-refractivity contribution in [3.8, 4) is 0 Å². The number of hydrogen-bond acceptors (Lipinski definition) is 11. The molecule has 408 valence electrons. The maximum atomic E-state index is 13.1. The van der Waals surface area contributed by atoms with Gasteiger partial charge < -0.3 is 39.0 Å². The van der Waals surface area contributed by atoms with Crippen LogP contribution in [0.5, 0.6) is 0 Å². The van der Waals surface area contributed by atoms with Crippen molar-refractivity contribution in [2.75, 3.05) is 13.2 Å². The van der Waals surface area contributed by atoms with Gasteiger partial charge in [0.25, 0.3) is 0 Å². The number of carboxylic acid groups (broad SMARTS) is 1. The summed E-state index contributed by atoms with van der Waals surface area (Å²) in [7, 11) is 0. The Hall–Kier alpha value is -3.58. The fourth-order valence-electron chi connectivity index (χ4n) is 8.24. The molecular formula is C59H100O12. The van der Waals surface area contributed by atoms with Gasteiger partial charge in [0.1, 0.15) is 18.8 Å². The monoisotopic (exact) mass is 1000 g/mol. The molecule has 1 saturated heterocycles. The third kappa shape index (κ3) is 37.8. The third-order valence-corrected chi connectivity index (χ3v) is 12.6. The average molecular weight is 1000 g/mol. The maximum absolute atomic E-state index is 13.1. The molecule has 0 aromatic heterocycles. The molecular weight excluding hydrogens is 901 g/mol. The molecule has 0 saturated carbocycles. The highest BCUT2D eigenvalue weighted by molar-refractivity contribution is 5.74. The summed E-state index contributed by atoms with van der Waals surface area (Å²) in [6.07, 6.45) is 44.8. The van der Waals surface area contributed by atoms with Crippen LogP contribution in [-0.4, -0.2) is 89.2 Å². The molecule has 3 N–H and O–H groups in total. The summed E-state index contributed by atoms with van der Waals surface area (Å²) < 4.78 is 28.3. The molecule has 1 aliphatic rings. The first-order chi connectivity index (χ1) is 34.6. The van der Waals surface area contributed by atoms with Gasteiger partial charge in [-0.1, -0.05) is 204 Å². The first-order valence-corrected chi connectivity index (χ1v) is 28.3. The van der Waals surface area contributed by atoms with E-state index in [0.717, 1.165) is 122 Å². The quantitative estimate of drug-likeness (QED) is 0.0228. The van der Waals surface area contributed by atoms with Crippen LogP contribution in [0.2, 0.25) is 0 Å². The molecule has 6 unspecified atom stereocenters. The summed E-state index contributed by atoms with van der Waals surface area (Å²) in [5.41, 5.74) is 0. The number of aliphatic hydroxyl groups excluding tert-OH is 2. The van der Waals surface area contributed by atoms with Gasteiger partial charge in [-0.05, 0) is 77.0 Å². The topological polar surface area (TPSA) is 175 Å². The van der Waals surface area contributed by atoms with Crippen molar-refractivity contribution in [1.82, 2.24) is 0 Å². The second kappa shape index (κ2) is 47.4. The van der Waals surface area contributed by atoms with Crippen LogP contribution in [0.15, 0.2) is 60.8 Å². The van der Waals surface area contributed by atoms with Crippen LogP contribution in [0, 0.1) is 0 Å². The van der Waals surface area contributed by atoms with E-state index in [9.17, 15) is 34.5 Å². The van der Waals surface area contributed by atoms with Crippen molar-refractivity contribution >= 4 is 23.9 Å². The second-order valence-electron chi connectivity index (χ2n) is 19.2. The van der Waals surface area contributed by atoms with Crippen molar-refractivity contribution < 1.29 is 58.2 Å². The standard InChI is InChI=1S/C59H100O12/c1-4-7-10-13-16-19-22-24-25-26-27-29-31-33-36-39-42-45-51(60)67-48-50(69-52(61)46-43-40-37-34-30-21-18-15-12-9-6-3)49-68-59-57(55(64)54(63)56(71-59)58(65)66)70-53(62)47-44-41-38-35-32-28-23-20-17-14-11-8-5-2/h7,10-11,14,16,19-20,23-25,50,54-57,59,63-64H,4-6,8-9,12-13,15,17-18,21-22,26-49H2,1-3H3,(H,65,66)/b10-7-,14-11-,19-16-,23-20-,25-24-. The summed E-state index contributed by atoms with van der Waals surface area (Å²) in [4.78, 5) is 51.0. The molecule has 0 bridgehead atoms. The molecule has 12 heteroatoms. The van der Waals surface area contributed by atoms with E-state index in [1.165, 1.54) is 57.8 Å². The average Bonchev–Trinajstić information content (AvgIpc) is 3.35. The molecule has 0 spiro atoms. The van der Waals surface area contributed by atoms with Crippen LogP contribution < -0.4 is 0 Å². The van der Waals surface area contributed by atoms with E-state index in [1.54, 1.807) is 0 Å². The Morgan fingerprint density at radius 3 is 1.41 bits per heavy atom. The highest BCUT2D eigenvalue weighted by Crippen LogP contribution is 2.26. The lowest BCUT2D eigenvalue weighted by atomic mass is 9.98. The van der Waals surface area contributed by atoms with Crippen molar-refractivity contribution in [3.05, 3.63) is 60.8 Å². The third-order valence-electron chi connectivity index (χ3n) is 12.6. The summed E-state index contributed by atoms with van der Waals surface area (Å²) in [6.45, 7) is 5.79. The number of aliphatic carboxylic acids is 1. The number of ether oxygens (including phenoxy) is 5. The van der Waals surface area contributed by atoms with Gasteiger partial charge in [-0.3, -0.25) is 14.4 Å². The van der Waals surface area contributed by atoms with E-state index < -0.39 is 67.3 Å². The van der Waals surface area contributed by atoms with Gasteiger partial charge in [-0.15, -0.1) is 0 Å². The number of unbranched alkanes of at least 4 members (excludes halogenated alkanes) is 23. The summed E-state index contributed by atoms with van der Waals surface area (Å²) in [5.74, 6) is -3.14. The molecule has 0 aliphatic carbocycles. The first-order valence-electron chi connectivity index (χ1n) is 28.3. The maximum Gasteiger partial charge on any atom is 0.335 e. The largest absolute Gasteiger partial charge is 0.479 e. The van der Waals surface area contributed by atoms with E-state index in [4.69, 9.17) is 23.7 Å². The lowest BCUT2D eigenvalue weighted by molar-refractivity contribution is -0.301. The molecule has 12 nitrogen and oxygen atoms in total. The predicted molar refractivity (Wildman–Crippen MR) is 285 cm³/mol. The van der Waals surface area contributed by atoms with Gasteiger partial charge in [0.2, 0.25) is 0 Å². The fraction of sp³-hybridized carbons (Fsp3) is 0.763. The Bertz CT molecular complexity index is 1470. The van der Waals surface area contributed by atoms with Gasteiger partial charge in [0.15, 0.2) is 24.6 Å². The minimum atomic E-state index is -1.91. The normalized spacial score (nSPS) is 18.9. The number of rotatable bonds is 47. The zero-order valence-corrected chi connectivity index (χ0v) is 44.7. The summed E-state index contributed by atoms with van der Waals surface area (Å²) in [6, 6.07) is 0. The smallest absolute Gasteiger partial charge is 0.335 e. The molecule has 71 heavy (non-hydrogen) atoms. The van der Waals surface area contributed by atoms with Crippen LogP contribution in [-0.2, 0) is 42.9 Å². The first kappa shape index (κ1) is 65.4. The molecule has 0 amide bonds. The predicted octanol–water partition coefficient (Wildman–Crippen LogP) is 14.0. The van der Waals surface area contributed by atoms with Crippen molar-refractivity contribution in [2.24, 2.45) is 0 Å². The van der Waals surface area contributed by atoms with E-state index in [2.05, 4.69) is 81.5 Å². The van der Waals surface area contributed by atoms with Gasteiger partial charge in [-0.2, -0.15) is 0 Å². The van der Waals surface area contributed by atoms with Crippen LogP contribution in [0.4, 0.5) is 0 Å². The highest BCUT2D eigenvalue weighted by Gasteiger charge is 2.50. The molecule has 1 fully saturated rings. The fourth-order valence-corrected chi connectivity index (χ4v) is 8.24. The number of allylic oxidation sites excluding steroid dienone is 10. The minimum Gasteiger partial charge on any atom is -0.479 e. The van der Waals surface area contributed by atoms with Crippen LogP contribution in [0.25, 0.3) is 0 Å². The number of carboxylic acids is 1. The Kier molecular flexibility index (Phi) is 43.7. The second-order valence-corrected chi connectivity index (χ2v) is 19.2. The molecule has 0 aromatic carbocycles. The zero-order valence-electron chi connectivity index (χ0n) is 44.7. The van der Waals surface area contributed by atoms with E-state index >= 15 is 0 Å². The summed E-state index contributed by atoms with van der Waals surface area (Å²) >= 11 is 0. The number of aliphatic hydroxyl groups is 2. The van der Waals surface area contributed by atoms with Gasteiger partial charge in [0, 0.05) is 19.3 Å². The van der Waals surface area contributed by atoms with Gasteiger partial charge in [-0.25, -0.2) is 4.79 Å². The van der Waals surface area contributed by atoms with Crippen LogP contribution in [0.3, 0.4) is 0 Å². The van der Waals surface area contributed by atoms with E-state index in [0.29, 0.717) is 19.3 Å². The highest BCUT2D eigenvalue weighted by atomic mass is 16.7. The number of carbonyl (C=O) groups is 4. The Morgan fingerprint density at radius 2 is 0.915 bits per heavy atom. The SMILES string of the molecule is CC/C=C\C/C=C\C/C=C\CCCCCCCCCC(=O)OCC(COC1OC(C(=O)O)C(O)C(O)C1OC(=O)CCCCCCC/C=C\C/C=C\CCC)OC(=O)CCCCCCCCCCCCC. The molecule has 1 heterocycles. The minimum absolute atomic E-state index is 0.0435. The van der Waals surface area contributed by atoms with Crippen LogP contribution >= 0.6 is 0 Å². The Labute approximate surface area is 430 Å². The van der Waals surface area contributed by atoms with Crippen LogP contribution in [0.1, 0.15) is 239 Å². The number of hydrogen-bond donors (Lipinski definition) is 3. The Balaban J connectivity index is 2.70. The number of carbonyl (C=O) groups excluding carboxylic acids is 3. The lowest BCUT2D eigenvalue weighted by Crippen LogP contribution is -2.61. The van der Waals surface area contributed by atoms with E-state index in [1.807, 2.05) is 0 Å². The molecule has 6 atom stereocenters. The summed E-state index contributed by atoms with van der Waals surface area (Å²) in [5, 5.41) is 31.4. The molecule has 1 rings (SSSR count). The molecule has 1 aliphatic heterocycles. The van der Waals surface area contributed by atoms with Crippen molar-refractivity contribution in [1.29, 1.82) is 0 Å². The van der Waals surface area contributed by atoms with E-state index in [-0.39, 0.29) is 25.9 Å². The number of esters is 3. The van der Waals surface area contributed by atoms with Gasteiger partial charge in [0.05, 0.1) is 6.61 Å².